The molecule has 2 aromatic rings. The minimum Gasteiger partial charge on any atom is -0.465 e. The summed E-state index contributed by atoms with van der Waals surface area (Å²) in [6, 6.07) is 8.89. The van der Waals surface area contributed by atoms with Gasteiger partial charge >= 0.3 is 5.97 Å². The molecule has 1 saturated heterocycles. The molecule has 0 unspecified atom stereocenters. The normalized spacial score (nSPS) is 13.9. The second-order valence-corrected chi connectivity index (χ2v) is 7.07. The Kier molecular flexibility index (Phi) is 5.22. The first kappa shape index (κ1) is 17.9. The van der Waals surface area contributed by atoms with Crippen molar-refractivity contribution in [3.8, 4) is 0 Å². The topological polar surface area (TPSA) is 87.7 Å². The van der Waals surface area contributed by atoms with E-state index in [0.29, 0.717) is 29.2 Å². The van der Waals surface area contributed by atoms with Crippen molar-refractivity contribution in [2.45, 2.75) is 6.92 Å². The van der Waals surface area contributed by atoms with Crippen LogP contribution in [-0.4, -0.2) is 44.5 Å². The Morgan fingerprint density at radius 1 is 1.31 bits per heavy atom. The number of piperazine rings is 1. The van der Waals surface area contributed by atoms with E-state index < -0.39 is 5.97 Å². The number of amides is 2. The van der Waals surface area contributed by atoms with Gasteiger partial charge in [0, 0.05) is 18.0 Å². The average molecular weight is 373 g/mol. The maximum absolute atomic E-state index is 12.7. The van der Waals surface area contributed by atoms with Crippen LogP contribution in [0.25, 0.3) is 0 Å². The lowest BCUT2D eigenvalue weighted by Gasteiger charge is -2.30. The maximum atomic E-state index is 12.7. The van der Waals surface area contributed by atoms with Crippen LogP contribution in [0.1, 0.15) is 24.9 Å². The van der Waals surface area contributed by atoms with Gasteiger partial charge in [-0.25, -0.2) is 4.79 Å². The lowest BCUT2D eigenvalue weighted by atomic mass is 10.2. The van der Waals surface area contributed by atoms with Gasteiger partial charge in [0.05, 0.1) is 30.6 Å². The second-order valence-electron chi connectivity index (χ2n) is 5.81. The highest BCUT2D eigenvalue weighted by molar-refractivity contribution is 7.14. The van der Waals surface area contributed by atoms with Gasteiger partial charge < -0.3 is 20.3 Å². The third-order valence-electron chi connectivity index (χ3n) is 4.08. The fourth-order valence-corrected chi connectivity index (χ4v) is 3.73. The number of nitrogens with one attached hydrogen (secondary N) is 2. The number of anilines is 2. The number of methoxy groups -OCH3 is 1. The van der Waals surface area contributed by atoms with E-state index in [1.807, 2.05) is 23.1 Å². The Bertz CT molecular complexity index is 862. The molecule has 2 amide bonds. The summed E-state index contributed by atoms with van der Waals surface area (Å²) < 4.78 is 4.71. The van der Waals surface area contributed by atoms with Gasteiger partial charge in [-0.05, 0) is 25.1 Å². The minimum absolute atomic E-state index is 0.0474. The molecule has 2 N–H and O–H groups in total. The zero-order valence-electron chi connectivity index (χ0n) is 14.5. The Morgan fingerprint density at radius 2 is 2.08 bits per heavy atom. The van der Waals surface area contributed by atoms with Gasteiger partial charge in [0.15, 0.2) is 0 Å². The van der Waals surface area contributed by atoms with Gasteiger partial charge in [-0.1, -0.05) is 12.1 Å². The highest BCUT2D eigenvalue weighted by Crippen LogP contribution is 2.28. The first-order valence-electron chi connectivity index (χ1n) is 8.10. The molecule has 3 rings (SSSR count). The van der Waals surface area contributed by atoms with Gasteiger partial charge in [-0.2, -0.15) is 0 Å². The van der Waals surface area contributed by atoms with Crippen LogP contribution in [0.5, 0.6) is 0 Å². The number of esters is 1. The van der Waals surface area contributed by atoms with E-state index in [1.54, 1.807) is 13.0 Å². The molecule has 0 aliphatic carbocycles. The molecule has 1 aliphatic heterocycles. The van der Waals surface area contributed by atoms with Crippen LogP contribution in [0, 0.1) is 6.92 Å². The van der Waals surface area contributed by atoms with Crippen molar-refractivity contribution in [1.29, 1.82) is 0 Å². The predicted octanol–water partition coefficient (Wildman–Crippen LogP) is 2.03. The van der Waals surface area contributed by atoms with E-state index >= 15 is 0 Å². The Balaban J connectivity index is 1.83. The van der Waals surface area contributed by atoms with Crippen LogP contribution in [0.15, 0.2) is 30.3 Å². The van der Waals surface area contributed by atoms with Crippen LogP contribution in [0.4, 0.5) is 11.4 Å². The van der Waals surface area contributed by atoms with Crippen molar-refractivity contribution in [3.05, 3.63) is 45.6 Å². The summed E-state index contributed by atoms with van der Waals surface area (Å²) in [5.74, 6) is -0.812. The number of aryl methyl sites for hydroxylation is 1. The fraction of sp³-hybridized carbons (Fsp3) is 0.278. The summed E-state index contributed by atoms with van der Waals surface area (Å²) in [6.45, 7) is 3.26. The summed E-state index contributed by atoms with van der Waals surface area (Å²) in [5.41, 5.74) is 1.84. The molecule has 0 spiro atoms. The molecule has 8 heteroatoms. The smallest absolute Gasteiger partial charge is 0.348 e. The number of carbonyl (C=O) groups excluding carboxylic acids is 3. The Morgan fingerprint density at radius 3 is 2.81 bits per heavy atom. The predicted molar refractivity (Wildman–Crippen MR) is 100 cm³/mol. The van der Waals surface area contributed by atoms with E-state index in [2.05, 4.69) is 10.6 Å². The van der Waals surface area contributed by atoms with Crippen LogP contribution >= 0.6 is 11.3 Å². The summed E-state index contributed by atoms with van der Waals surface area (Å²) in [5, 5.41) is 5.68. The van der Waals surface area contributed by atoms with Crippen molar-refractivity contribution in [1.82, 2.24) is 5.32 Å². The van der Waals surface area contributed by atoms with E-state index in [0.717, 1.165) is 10.6 Å². The number of benzene rings is 1. The largest absolute Gasteiger partial charge is 0.465 e. The molecular formula is C18H19N3O4S. The van der Waals surface area contributed by atoms with Crippen LogP contribution < -0.4 is 15.5 Å². The number of hydrogen-bond donors (Lipinski definition) is 2. The van der Waals surface area contributed by atoms with Crippen LogP contribution in [-0.2, 0) is 9.53 Å². The van der Waals surface area contributed by atoms with Crippen molar-refractivity contribution >= 4 is 40.5 Å². The number of nitrogens with zero attached hydrogens (tertiary/aromatic N) is 1. The first-order chi connectivity index (χ1) is 12.5. The molecular weight excluding hydrogens is 354 g/mol. The van der Waals surface area contributed by atoms with E-state index in [9.17, 15) is 14.4 Å². The first-order valence-corrected chi connectivity index (χ1v) is 8.92. The summed E-state index contributed by atoms with van der Waals surface area (Å²) in [4.78, 5) is 39.1. The van der Waals surface area contributed by atoms with Gasteiger partial charge in [0.2, 0.25) is 5.91 Å². The fourth-order valence-electron chi connectivity index (χ4n) is 2.80. The third-order valence-corrected chi connectivity index (χ3v) is 5.11. The lowest BCUT2D eigenvalue weighted by molar-refractivity contribution is -0.120. The molecule has 0 radical (unpaired) electrons. The van der Waals surface area contributed by atoms with E-state index in [-0.39, 0.29) is 18.4 Å². The molecule has 26 heavy (non-hydrogen) atoms. The molecule has 1 fully saturated rings. The average Bonchev–Trinajstić information content (AvgIpc) is 3.03. The van der Waals surface area contributed by atoms with Gasteiger partial charge in [-0.3, -0.25) is 9.59 Å². The van der Waals surface area contributed by atoms with E-state index in [1.165, 1.54) is 24.5 Å². The van der Waals surface area contributed by atoms with Gasteiger partial charge in [0.1, 0.15) is 4.88 Å². The SMILES string of the molecule is COC(=O)c1cc(C(=O)Nc2ccccc2N2CCNC(=O)C2)c(C)s1. The standard InChI is InChI=1S/C18H19N3O4S/c1-11-12(9-15(26-11)18(24)25-2)17(23)20-13-5-3-4-6-14(13)21-8-7-19-16(22)10-21/h3-6,9H,7-8,10H2,1-2H3,(H,19,22)(H,20,23). The quantitative estimate of drug-likeness (QED) is 0.801. The number of carbonyl (C=O) groups is 3. The highest BCUT2D eigenvalue weighted by atomic mass is 32.1. The molecule has 0 atom stereocenters. The molecule has 2 heterocycles. The monoisotopic (exact) mass is 373 g/mol. The molecule has 7 nitrogen and oxygen atoms in total. The minimum atomic E-state index is -0.461. The number of para-hydroxylation sites is 2. The highest BCUT2D eigenvalue weighted by Gasteiger charge is 2.21. The molecule has 0 bridgehead atoms. The second kappa shape index (κ2) is 7.57. The zero-order chi connectivity index (χ0) is 18.7. The maximum Gasteiger partial charge on any atom is 0.348 e. The van der Waals surface area contributed by atoms with E-state index in [4.69, 9.17) is 4.74 Å². The van der Waals surface area contributed by atoms with Crippen LogP contribution in [0.3, 0.4) is 0 Å². The van der Waals surface area contributed by atoms with Crippen LogP contribution in [0.2, 0.25) is 0 Å². The molecule has 1 aromatic carbocycles. The van der Waals surface area contributed by atoms with Crippen molar-refractivity contribution in [2.75, 3.05) is 37.0 Å². The molecule has 1 aromatic heterocycles. The van der Waals surface area contributed by atoms with Gasteiger partial charge in [0.25, 0.3) is 5.91 Å². The lowest BCUT2D eigenvalue weighted by Crippen LogP contribution is -2.47. The van der Waals surface area contributed by atoms with Crippen molar-refractivity contribution in [2.24, 2.45) is 0 Å². The summed E-state index contributed by atoms with van der Waals surface area (Å²) in [7, 11) is 1.31. The number of hydrogen-bond acceptors (Lipinski definition) is 6. The van der Waals surface area contributed by atoms with Crippen molar-refractivity contribution < 1.29 is 19.1 Å². The molecule has 1 aliphatic rings. The number of rotatable bonds is 4. The molecule has 0 saturated carbocycles. The van der Waals surface area contributed by atoms with Gasteiger partial charge in [-0.15, -0.1) is 11.3 Å². The Hall–Kier alpha value is -2.87. The molecule has 136 valence electrons. The third kappa shape index (κ3) is 3.70. The van der Waals surface area contributed by atoms with Crippen molar-refractivity contribution in [3.63, 3.8) is 0 Å². The zero-order valence-corrected chi connectivity index (χ0v) is 15.3. The summed E-state index contributed by atoms with van der Waals surface area (Å²) >= 11 is 1.22. The number of ether oxygens (including phenoxy) is 1. The Labute approximate surface area is 155 Å². The summed E-state index contributed by atoms with van der Waals surface area (Å²) in [6.07, 6.45) is 0. The number of thiophene rings is 1.